The first-order valence-electron chi connectivity index (χ1n) is 12.9. The molecule has 1 atom stereocenters. The van der Waals surface area contributed by atoms with Gasteiger partial charge in [-0.1, -0.05) is 30.3 Å². The van der Waals surface area contributed by atoms with Crippen LogP contribution >= 0.6 is 0 Å². The largest absolute Gasteiger partial charge is 0.496 e. The molecule has 1 aliphatic rings. The summed E-state index contributed by atoms with van der Waals surface area (Å²) in [4.78, 5) is 29.2. The van der Waals surface area contributed by atoms with Crippen LogP contribution < -0.4 is 15.0 Å². The molecule has 1 saturated heterocycles. The quantitative estimate of drug-likeness (QED) is 0.168. The molecule has 0 radical (unpaired) electrons. The van der Waals surface area contributed by atoms with E-state index < -0.39 is 47.2 Å². The van der Waals surface area contributed by atoms with E-state index in [2.05, 4.69) is 5.32 Å². The summed E-state index contributed by atoms with van der Waals surface area (Å²) in [6, 6.07) is 12.4. The minimum absolute atomic E-state index is 0.0151. The monoisotopic (exact) mass is 610 g/mol. The maximum atomic E-state index is 13.9. The molecule has 1 heterocycles. The van der Waals surface area contributed by atoms with E-state index >= 15 is 0 Å². The molecule has 43 heavy (non-hydrogen) atoms. The van der Waals surface area contributed by atoms with Gasteiger partial charge in [0.1, 0.15) is 5.75 Å². The molecule has 0 unspecified atom stereocenters. The van der Waals surface area contributed by atoms with Crippen LogP contribution in [0.15, 0.2) is 72.8 Å². The van der Waals surface area contributed by atoms with Crippen LogP contribution in [0.5, 0.6) is 5.75 Å². The number of nitrogens with zero attached hydrogens (tertiary/aromatic N) is 3. The van der Waals surface area contributed by atoms with Gasteiger partial charge in [0.15, 0.2) is 6.17 Å². The second-order valence-corrected chi connectivity index (χ2v) is 10.3. The van der Waals surface area contributed by atoms with Crippen LogP contribution in [-0.4, -0.2) is 52.6 Å². The SMILES string of the molecule is COc1ccccc1CCN1C(=O)N(c2cccc(C(F)(F)F)c2)[C@H](N(O)C(=O)Nc2cccc(C(F)(F)F)c2)C1(C)C. The van der Waals surface area contributed by atoms with E-state index in [1.807, 2.05) is 0 Å². The normalized spacial score (nSPS) is 16.8. The van der Waals surface area contributed by atoms with Crippen LogP contribution in [0, 0.1) is 0 Å². The van der Waals surface area contributed by atoms with Gasteiger partial charge in [-0.2, -0.15) is 31.4 Å². The highest BCUT2D eigenvalue weighted by atomic mass is 19.4. The lowest BCUT2D eigenvalue weighted by molar-refractivity contribution is -0.138. The first-order valence-corrected chi connectivity index (χ1v) is 12.9. The topological polar surface area (TPSA) is 85.3 Å². The number of hydroxylamine groups is 2. The third kappa shape index (κ3) is 6.48. The summed E-state index contributed by atoms with van der Waals surface area (Å²) in [6.45, 7) is 3.03. The molecule has 4 rings (SSSR count). The minimum atomic E-state index is -4.76. The Morgan fingerprint density at radius 3 is 2.19 bits per heavy atom. The lowest BCUT2D eigenvalue weighted by Crippen LogP contribution is -2.58. The van der Waals surface area contributed by atoms with Crippen LogP contribution in [-0.2, 0) is 18.8 Å². The summed E-state index contributed by atoms with van der Waals surface area (Å²) in [5.74, 6) is 0.544. The predicted molar refractivity (Wildman–Crippen MR) is 145 cm³/mol. The van der Waals surface area contributed by atoms with E-state index in [1.54, 1.807) is 24.3 Å². The molecule has 0 aromatic heterocycles. The molecule has 3 aromatic rings. The van der Waals surface area contributed by atoms with Crippen LogP contribution in [0.2, 0.25) is 0 Å². The van der Waals surface area contributed by atoms with Crippen molar-refractivity contribution >= 4 is 23.4 Å². The van der Waals surface area contributed by atoms with Gasteiger partial charge in [0.2, 0.25) is 0 Å². The van der Waals surface area contributed by atoms with Crippen molar-refractivity contribution in [3.05, 3.63) is 89.5 Å². The van der Waals surface area contributed by atoms with Crippen LogP contribution in [0.3, 0.4) is 0 Å². The summed E-state index contributed by atoms with van der Waals surface area (Å²) in [7, 11) is 1.47. The zero-order valence-corrected chi connectivity index (χ0v) is 23.2. The molecule has 0 aliphatic carbocycles. The molecule has 14 heteroatoms. The summed E-state index contributed by atoms with van der Waals surface area (Å²) in [6.07, 6.45) is -10.8. The van der Waals surface area contributed by atoms with Gasteiger partial charge in [0, 0.05) is 17.9 Å². The minimum Gasteiger partial charge on any atom is -0.496 e. The number of ether oxygens (including phenoxy) is 1. The Hall–Kier alpha value is -4.46. The fourth-order valence-electron chi connectivity index (χ4n) is 5.02. The number of benzene rings is 3. The van der Waals surface area contributed by atoms with Crippen molar-refractivity contribution < 1.29 is 45.9 Å². The molecular formula is C29H28F6N4O4. The molecular weight excluding hydrogens is 582 g/mol. The molecule has 1 fully saturated rings. The lowest BCUT2D eigenvalue weighted by Gasteiger charge is -2.38. The van der Waals surface area contributed by atoms with Crippen LogP contribution in [0.25, 0.3) is 0 Å². The second kappa shape index (κ2) is 11.7. The highest BCUT2D eigenvalue weighted by Crippen LogP contribution is 2.40. The third-order valence-electron chi connectivity index (χ3n) is 7.14. The van der Waals surface area contributed by atoms with E-state index in [0.29, 0.717) is 17.9 Å². The van der Waals surface area contributed by atoms with Gasteiger partial charge in [-0.15, -0.1) is 0 Å². The predicted octanol–water partition coefficient (Wildman–Crippen LogP) is 7.25. The average Bonchev–Trinajstić information content (AvgIpc) is 3.14. The van der Waals surface area contributed by atoms with Gasteiger partial charge in [-0.25, -0.2) is 9.59 Å². The molecule has 0 bridgehead atoms. The van der Waals surface area contributed by atoms with Crippen molar-refractivity contribution in [1.82, 2.24) is 9.96 Å². The molecule has 4 amide bonds. The number of carbonyl (C=O) groups excluding carboxylic acids is 2. The Morgan fingerprint density at radius 1 is 0.953 bits per heavy atom. The lowest BCUT2D eigenvalue weighted by atomic mass is 9.98. The standard InChI is InChI=1S/C29H28F6N4O4/c1-27(2)24(39(42)25(40)36-21-11-6-9-19(16-21)28(30,31)32)38(22-12-7-10-20(17-22)29(33,34)35)26(41)37(27)15-14-18-8-4-5-13-23(18)43-3/h4-13,16-17,24,42H,14-15H2,1-3H3,(H,36,40)/t24-/m1/s1. The highest BCUT2D eigenvalue weighted by Gasteiger charge is 2.56. The number of carbonyl (C=O) groups is 2. The Balaban J connectivity index is 1.71. The van der Waals surface area contributed by atoms with Gasteiger partial charge >= 0.3 is 24.4 Å². The first kappa shape index (κ1) is 31.5. The fourth-order valence-corrected chi connectivity index (χ4v) is 5.02. The van der Waals surface area contributed by atoms with E-state index in [-0.39, 0.29) is 29.4 Å². The summed E-state index contributed by atoms with van der Waals surface area (Å²) < 4.78 is 85.6. The maximum Gasteiger partial charge on any atom is 0.416 e. The second-order valence-electron chi connectivity index (χ2n) is 10.3. The first-order chi connectivity index (χ1) is 20.1. The molecule has 2 N–H and O–H groups in total. The van der Waals surface area contributed by atoms with Crippen molar-refractivity contribution in [3.8, 4) is 5.75 Å². The van der Waals surface area contributed by atoms with E-state index in [4.69, 9.17) is 4.74 Å². The van der Waals surface area contributed by atoms with Crippen molar-refractivity contribution in [2.45, 2.75) is 44.3 Å². The van der Waals surface area contributed by atoms with E-state index in [0.717, 1.165) is 40.8 Å². The zero-order valence-electron chi connectivity index (χ0n) is 23.2. The Labute approximate surface area is 243 Å². The van der Waals surface area contributed by atoms with Gasteiger partial charge in [0.25, 0.3) is 0 Å². The number of para-hydroxylation sites is 1. The third-order valence-corrected chi connectivity index (χ3v) is 7.14. The van der Waals surface area contributed by atoms with Crippen LogP contribution in [0.4, 0.5) is 47.3 Å². The average molecular weight is 611 g/mol. The number of urea groups is 2. The van der Waals surface area contributed by atoms with E-state index in [9.17, 15) is 41.1 Å². The molecule has 8 nitrogen and oxygen atoms in total. The molecule has 1 aliphatic heterocycles. The Morgan fingerprint density at radius 2 is 1.56 bits per heavy atom. The number of methoxy groups -OCH3 is 1. The zero-order chi connectivity index (χ0) is 31.7. The fraction of sp³-hybridized carbons (Fsp3) is 0.310. The number of halogens is 6. The highest BCUT2D eigenvalue weighted by molar-refractivity contribution is 5.98. The van der Waals surface area contributed by atoms with Gasteiger partial charge in [-0.3, -0.25) is 10.1 Å². The van der Waals surface area contributed by atoms with Crippen molar-refractivity contribution in [3.63, 3.8) is 0 Å². The van der Waals surface area contributed by atoms with Crippen molar-refractivity contribution in [2.75, 3.05) is 23.9 Å². The van der Waals surface area contributed by atoms with Crippen molar-refractivity contribution in [1.29, 1.82) is 0 Å². The maximum absolute atomic E-state index is 13.9. The number of anilines is 2. The van der Waals surface area contributed by atoms with Crippen molar-refractivity contribution in [2.24, 2.45) is 0 Å². The summed E-state index contributed by atoms with van der Waals surface area (Å²) >= 11 is 0. The summed E-state index contributed by atoms with van der Waals surface area (Å²) in [5.41, 5.74) is -3.39. The van der Waals surface area contributed by atoms with Gasteiger partial charge in [-0.05, 0) is 68.3 Å². The number of rotatable bonds is 7. The van der Waals surface area contributed by atoms with Gasteiger partial charge in [0.05, 0.1) is 23.8 Å². The number of alkyl halides is 6. The van der Waals surface area contributed by atoms with E-state index in [1.165, 1.54) is 31.9 Å². The molecule has 230 valence electrons. The molecule has 0 spiro atoms. The number of hydrogen-bond donors (Lipinski definition) is 2. The smallest absolute Gasteiger partial charge is 0.416 e. The summed E-state index contributed by atoms with van der Waals surface area (Å²) in [5, 5.41) is 13.4. The number of hydrogen-bond acceptors (Lipinski definition) is 4. The van der Waals surface area contributed by atoms with Crippen LogP contribution in [0.1, 0.15) is 30.5 Å². The van der Waals surface area contributed by atoms with Gasteiger partial charge < -0.3 is 15.0 Å². The molecule has 0 saturated carbocycles. The number of nitrogens with one attached hydrogen (secondary N) is 1. The number of amides is 4. The Kier molecular flexibility index (Phi) is 8.54. The Bertz CT molecular complexity index is 1490. The molecule has 3 aromatic carbocycles.